The Labute approximate surface area is 149 Å². The molecule has 4 rings (SSSR count). The summed E-state index contributed by atoms with van der Waals surface area (Å²) in [5.41, 5.74) is 3.67. The zero-order chi connectivity index (χ0) is 17.2. The van der Waals surface area contributed by atoms with E-state index in [0.29, 0.717) is 24.7 Å². The van der Waals surface area contributed by atoms with Gasteiger partial charge in [0.25, 0.3) is 0 Å². The molecule has 0 spiro atoms. The van der Waals surface area contributed by atoms with Crippen molar-refractivity contribution in [3.63, 3.8) is 0 Å². The van der Waals surface area contributed by atoms with Crippen LogP contribution in [0.3, 0.4) is 0 Å². The number of ketones is 1. The average Bonchev–Trinajstić information content (AvgIpc) is 2.66. The Morgan fingerprint density at radius 2 is 1.84 bits per heavy atom. The van der Waals surface area contributed by atoms with Crippen LogP contribution in [0, 0.1) is 5.92 Å². The molecule has 0 amide bonds. The van der Waals surface area contributed by atoms with Crippen molar-refractivity contribution in [1.82, 2.24) is 0 Å². The van der Waals surface area contributed by atoms with Gasteiger partial charge in [-0.3, -0.25) is 4.79 Å². The molecule has 0 saturated heterocycles. The number of Topliss-reactive ketones (excluding diaryl/α,β-unsaturated/α-hetero) is 1. The predicted octanol–water partition coefficient (Wildman–Crippen LogP) is 4.67. The number of rotatable bonds is 4. The van der Waals surface area contributed by atoms with Crippen molar-refractivity contribution in [2.75, 3.05) is 7.11 Å². The first-order valence-electron chi connectivity index (χ1n) is 9.14. The lowest BCUT2D eigenvalue weighted by molar-refractivity contribution is -0.121. The molecule has 3 nitrogen and oxygen atoms in total. The second kappa shape index (κ2) is 6.91. The minimum Gasteiger partial charge on any atom is -0.493 e. The first kappa shape index (κ1) is 16.2. The Hall–Kier alpha value is -2.29. The van der Waals surface area contributed by atoms with Crippen LogP contribution in [0.2, 0.25) is 0 Å². The molecule has 2 aliphatic carbocycles. The van der Waals surface area contributed by atoms with E-state index >= 15 is 0 Å². The van der Waals surface area contributed by atoms with Gasteiger partial charge in [-0.1, -0.05) is 36.4 Å². The molecule has 0 N–H and O–H groups in total. The van der Waals surface area contributed by atoms with Crippen molar-refractivity contribution in [1.29, 1.82) is 0 Å². The van der Waals surface area contributed by atoms with Crippen molar-refractivity contribution in [2.45, 2.75) is 44.6 Å². The van der Waals surface area contributed by atoms with Gasteiger partial charge in [0.05, 0.1) is 7.11 Å². The molecule has 0 heterocycles. The SMILES string of the molecule is COc1ccc2c(c1OCc1ccccc1)C1CC(=O)CCC1CC2. The number of hydrogen-bond acceptors (Lipinski definition) is 3. The van der Waals surface area contributed by atoms with Crippen molar-refractivity contribution in [2.24, 2.45) is 5.92 Å². The van der Waals surface area contributed by atoms with E-state index in [1.165, 1.54) is 17.5 Å². The molecule has 2 aromatic rings. The molecule has 0 bridgehead atoms. The van der Waals surface area contributed by atoms with E-state index < -0.39 is 0 Å². The number of aryl methyl sites for hydroxylation is 1. The predicted molar refractivity (Wildman–Crippen MR) is 97.2 cm³/mol. The number of carbonyl (C=O) groups is 1. The Morgan fingerprint density at radius 3 is 2.64 bits per heavy atom. The van der Waals surface area contributed by atoms with E-state index in [4.69, 9.17) is 9.47 Å². The van der Waals surface area contributed by atoms with Gasteiger partial charge in [0, 0.05) is 18.4 Å². The number of carbonyl (C=O) groups excluding carboxylic acids is 1. The Kier molecular flexibility index (Phi) is 4.48. The van der Waals surface area contributed by atoms with Gasteiger partial charge in [0.1, 0.15) is 12.4 Å². The fraction of sp³-hybridized carbons (Fsp3) is 0.409. The molecule has 2 aliphatic rings. The maximum atomic E-state index is 12.1. The van der Waals surface area contributed by atoms with Crippen LogP contribution in [0.1, 0.15) is 48.3 Å². The summed E-state index contributed by atoms with van der Waals surface area (Å²) < 4.78 is 11.9. The van der Waals surface area contributed by atoms with Gasteiger partial charge in [-0.15, -0.1) is 0 Å². The molecule has 1 fully saturated rings. The highest BCUT2D eigenvalue weighted by Crippen LogP contribution is 2.50. The summed E-state index contributed by atoms with van der Waals surface area (Å²) in [5, 5.41) is 0. The van der Waals surface area contributed by atoms with Crippen molar-refractivity contribution in [3.8, 4) is 11.5 Å². The molecular weight excluding hydrogens is 312 g/mol. The van der Waals surface area contributed by atoms with Gasteiger partial charge < -0.3 is 9.47 Å². The largest absolute Gasteiger partial charge is 0.493 e. The minimum atomic E-state index is 0.283. The number of benzene rings is 2. The summed E-state index contributed by atoms with van der Waals surface area (Å²) in [6, 6.07) is 14.3. The topological polar surface area (TPSA) is 35.5 Å². The number of ether oxygens (including phenoxy) is 2. The van der Waals surface area contributed by atoms with Crippen LogP contribution in [-0.4, -0.2) is 12.9 Å². The second-order valence-electron chi connectivity index (χ2n) is 7.13. The Bertz CT molecular complexity index is 766. The molecule has 0 aromatic heterocycles. The quantitative estimate of drug-likeness (QED) is 0.814. The molecule has 2 unspecified atom stereocenters. The first-order valence-corrected chi connectivity index (χ1v) is 9.14. The first-order chi connectivity index (χ1) is 12.3. The minimum absolute atomic E-state index is 0.283. The van der Waals surface area contributed by atoms with Crippen LogP contribution in [0.15, 0.2) is 42.5 Å². The third kappa shape index (κ3) is 3.15. The van der Waals surface area contributed by atoms with Crippen molar-refractivity contribution in [3.05, 3.63) is 59.2 Å². The molecule has 0 radical (unpaired) electrons. The zero-order valence-electron chi connectivity index (χ0n) is 14.7. The summed E-state index contributed by atoms with van der Waals surface area (Å²) in [7, 11) is 1.68. The normalized spacial score (nSPS) is 22.0. The Morgan fingerprint density at radius 1 is 1.04 bits per heavy atom. The number of hydrogen-bond donors (Lipinski definition) is 0. The second-order valence-corrected chi connectivity index (χ2v) is 7.13. The lowest BCUT2D eigenvalue weighted by Crippen LogP contribution is -2.28. The van der Waals surface area contributed by atoms with Gasteiger partial charge in [0.2, 0.25) is 0 Å². The number of fused-ring (bicyclic) bond motifs is 3. The molecule has 2 aromatic carbocycles. The van der Waals surface area contributed by atoms with Crippen LogP contribution in [0.5, 0.6) is 11.5 Å². The number of methoxy groups -OCH3 is 1. The standard InChI is InChI=1S/C22H24O3/c1-24-20-12-10-17-8-7-16-9-11-18(23)13-19(16)21(17)22(20)25-14-15-5-3-2-4-6-15/h2-6,10,12,16,19H,7-9,11,13-14H2,1H3. The highest BCUT2D eigenvalue weighted by atomic mass is 16.5. The van der Waals surface area contributed by atoms with E-state index in [1.54, 1.807) is 7.11 Å². The zero-order valence-corrected chi connectivity index (χ0v) is 14.7. The van der Waals surface area contributed by atoms with E-state index in [9.17, 15) is 4.79 Å². The van der Waals surface area contributed by atoms with Crippen LogP contribution in [-0.2, 0) is 17.8 Å². The fourth-order valence-corrected chi connectivity index (χ4v) is 4.37. The molecule has 2 atom stereocenters. The van der Waals surface area contributed by atoms with Crippen LogP contribution >= 0.6 is 0 Å². The van der Waals surface area contributed by atoms with Crippen LogP contribution in [0.25, 0.3) is 0 Å². The van der Waals surface area contributed by atoms with Crippen LogP contribution in [0.4, 0.5) is 0 Å². The highest BCUT2D eigenvalue weighted by Gasteiger charge is 2.37. The van der Waals surface area contributed by atoms with Gasteiger partial charge in [0.15, 0.2) is 11.5 Å². The Balaban J connectivity index is 1.71. The lowest BCUT2D eigenvalue weighted by atomic mass is 9.67. The monoisotopic (exact) mass is 336 g/mol. The molecule has 0 aliphatic heterocycles. The van der Waals surface area contributed by atoms with E-state index in [0.717, 1.165) is 36.3 Å². The highest BCUT2D eigenvalue weighted by molar-refractivity contribution is 5.80. The smallest absolute Gasteiger partial charge is 0.165 e. The molecule has 3 heteroatoms. The summed E-state index contributed by atoms with van der Waals surface area (Å²) in [6.07, 6.45) is 4.64. The lowest BCUT2D eigenvalue weighted by Gasteiger charge is -2.37. The van der Waals surface area contributed by atoms with Crippen molar-refractivity contribution < 1.29 is 14.3 Å². The molecular formula is C22H24O3. The summed E-state index contributed by atoms with van der Waals surface area (Å²) in [5.74, 6) is 2.87. The van der Waals surface area contributed by atoms with Gasteiger partial charge in [-0.05, 0) is 48.3 Å². The van der Waals surface area contributed by atoms with Crippen molar-refractivity contribution >= 4 is 5.78 Å². The third-order valence-electron chi connectivity index (χ3n) is 5.66. The summed E-state index contributed by atoms with van der Waals surface area (Å²) >= 11 is 0. The van der Waals surface area contributed by atoms with E-state index in [-0.39, 0.29) is 5.92 Å². The van der Waals surface area contributed by atoms with Gasteiger partial charge in [-0.25, -0.2) is 0 Å². The maximum Gasteiger partial charge on any atom is 0.165 e. The maximum absolute atomic E-state index is 12.1. The van der Waals surface area contributed by atoms with Gasteiger partial charge >= 0.3 is 0 Å². The summed E-state index contributed by atoms with van der Waals surface area (Å²) in [4.78, 5) is 12.1. The molecule has 1 saturated carbocycles. The summed E-state index contributed by atoms with van der Waals surface area (Å²) in [6.45, 7) is 0.513. The van der Waals surface area contributed by atoms with E-state index in [1.807, 2.05) is 24.3 Å². The molecule has 130 valence electrons. The average molecular weight is 336 g/mol. The third-order valence-corrected chi connectivity index (χ3v) is 5.66. The fourth-order valence-electron chi connectivity index (χ4n) is 4.37. The van der Waals surface area contributed by atoms with E-state index in [2.05, 4.69) is 18.2 Å². The molecule has 25 heavy (non-hydrogen) atoms. The van der Waals surface area contributed by atoms with Crippen LogP contribution < -0.4 is 9.47 Å². The van der Waals surface area contributed by atoms with Gasteiger partial charge in [-0.2, -0.15) is 0 Å².